The Hall–Kier alpha value is -1.62. The second kappa shape index (κ2) is 4.94. The molecule has 1 fully saturated rings. The van der Waals surface area contributed by atoms with E-state index in [0.717, 1.165) is 31.9 Å². The second-order valence-electron chi connectivity index (χ2n) is 3.63. The van der Waals surface area contributed by atoms with E-state index in [1.165, 1.54) is 7.11 Å². The van der Waals surface area contributed by atoms with Gasteiger partial charge >= 0.3 is 5.97 Å². The van der Waals surface area contributed by atoms with Gasteiger partial charge in [-0.3, -0.25) is 0 Å². The number of nitrogens with one attached hydrogen (secondary N) is 1. The number of nitrogens with zero attached hydrogens (tertiary/aromatic N) is 2. The Morgan fingerprint density at radius 3 is 2.75 bits per heavy atom. The van der Waals surface area contributed by atoms with Crippen molar-refractivity contribution in [2.45, 2.75) is 0 Å². The quantitative estimate of drug-likeness (QED) is 0.727. The van der Waals surface area contributed by atoms with Gasteiger partial charge in [-0.1, -0.05) is 0 Å². The summed E-state index contributed by atoms with van der Waals surface area (Å²) >= 11 is 0. The fourth-order valence-corrected chi connectivity index (χ4v) is 1.72. The zero-order valence-electron chi connectivity index (χ0n) is 9.27. The molecule has 2 rings (SSSR count). The van der Waals surface area contributed by atoms with Crippen molar-refractivity contribution < 1.29 is 9.53 Å². The second-order valence-corrected chi connectivity index (χ2v) is 3.63. The summed E-state index contributed by atoms with van der Waals surface area (Å²) in [4.78, 5) is 17.5. The number of methoxy groups -OCH3 is 1. The molecule has 0 aliphatic carbocycles. The van der Waals surface area contributed by atoms with Gasteiger partial charge in [0.15, 0.2) is 0 Å². The van der Waals surface area contributed by atoms with Gasteiger partial charge in [0.25, 0.3) is 0 Å². The highest BCUT2D eigenvalue weighted by atomic mass is 16.5. The van der Waals surface area contributed by atoms with Gasteiger partial charge in [-0.25, -0.2) is 9.78 Å². The SMILES string of the molecule is COC(=O)c1ccc(N2CCNCC2)cn1. The topological polar surface area (TPSA) is 54.5 Å². The number of rotatable bonds is 2. The summed E-state index contributed by atoms with van der Waals surface area (Å²) in [7, 11) is 1.36. The van der Waals surface area contributed by atoms with E-state index >= 15 is 0 Å². The van der Waals surface area contributed by atoms with Crippen molar-refractivity contribution in [2.24, 2.45) is 0 Å². The molecule has 1 aromatic rings. The number of esters is 1. The molecular weight excluding hydrogens is 206 g/mol. The number of pyridine rings is 1. The van der Waals surface area contributed by atoms with Crippen molar-refractivity contribution >= 4 is 11.7 Å². The molecule has 0 bridgehead atoms. The molecule has 1 aliphatic rings. The van der Waals surface area contributed by atoms with Gasteiger partial charge < -0.3 is 15.0 Å². The Morgan fingerprint density at radius 2 is 2.19 bits per heavy atom. The lowest BCUT2D eigenvalue weighted by Gasteiger charge is -2.29. The highest BCUT2D eigenvalue weighted by Gasteiger charge is 2.12. The highest BCUT2D eigenvalue weighted by molar-refractivity contribution is 5.87. The number of piperazine rings is 1. The van der Waals surface area contributed by atoms with Crippen molar-refractivity contribution in [3.63, 3.8) is 0 Å². The molecule has 0 amide bonds. The smallest absolute Gasteiger partial charge is 0.356 e. The average molecular weight is 221 g/mol. The van der Waals surface area contributed by atoms with Crippen LogP contribution in [-0.2, 0) is 4.74 Å². The third-order valence-corrected chi connectivity index (χ3v) is 2.62. The molecule has 5 nitrogen and oxygen atoms in total. The van der Waals surface area contributed by atoms with Crippen LogP contribution < -0.4 is 10.2 Å². The molecule has 1 saturated heterocycles. The minimum Gasteiger partial charge on any atom is -0.464 e. The molecule has 2 heterocycles. The van der Waals surface area contributed by atoms with E-state index in [1.807, 2.05) is 6.07 Å². The van der Waals surface area contributed by atoms with Crippen LogP contribution in [0.15, 0.2) is 18.3 Å². The fourth-order valence-electron chi connectivity index (χ4n) is 1.72. The predicted octanol–water partition coefficient (Wildman–Crippen LogP) is 0.278. The maximum atomic E-state index is 11.2. The van der Waals surface area contributed by atoms with E-state index in [0.29, 0.717) is 5.69 Å². The molecule has 0 atom stereocenters. The molecule has 0 saturated carbocycles. The van der Waals surface area contributed by atoms with E-state index in [9.17, 15) is 4.79 Å². The highest BCUT2D eigenvalue weighted by Crippen LogP contribution is 2.13. The lowest BCUT2D eigenvalue weighted by molar-refractivity contribution is 0.0594. The number of carbonyl (C=O) groups is 1. The first kappa shape index (κ1) is 10.9. The van der Waals surface area contributed by atoms with Crippen LogP contribution in [0, 0.1) is 0 Å². The van der Waals surface area contributed by atoms with Crippen LogP contribution in [0.4, 0.5) is 5.69 Å². The zero-order chi connectivity index (χ0) is 11.4. The number of ether oxygens (including phenoxy) is 1. The normalized spacial score (nSPS) is 15.9. The Kier molecular flexibility index (Phi) is 3.36. The van der Waals surface area contributed by atoms with E-state index in [4.69, 9.17) is 0 Å². The van der Waals surface area contributed by atoms with E-state index < -0.39 is 5.97 Å². The van der Waals surface area contributed by atoms with Gasteiger partial charge in [0, 0.05) is 26.2 Å². The van der Waals surface area contributed by atoms with Crippen LogP contribution >= 0.6 is 0 Å². The Morgan fingerprint density at radius 1 is 1.44 bits per heavy atom. The maximum absolute atomic E-state index is 11.2. The van der Waals surface area contributed by atoms with Crippen molar-refractivity contribution in [1.82, 2.24) is 10.3 Å². The Balaban J connectivity index is 2.09. The summed E-state index contributed by atoms with van der Waals surface area (Å²) in [6, 6.07) is 3.60. The van der Waals surface area contributed by atoms with Crippen molar-refractivity contribution in [3.8, 4) is 0 Å². The Bertz CT molecular complexity index is 358. The van der Waals surface area contributed by atoms with Crippen molar-refractivity contribution in [3.05, 3.63) is 24.0 Å². The average Bonchev–Trinajstić information content (AvgIpc) is 2.39. The molecule has 0 radical (unpaired) electrons. The molecule has 1 N–H and O–H groups in total. The van der Waals surface area contributed by atoms with E-state index in [-0.39, 0.29) is 0 Å². The number of aromatic nitrogens is 1. The van der Waals surface area contributed by atoms with Gasteiger partial charge in [0.1, 0.15) is 5.69 Å². The monoisotopic (exact) mass is 221 g/mol. The number of anilines is 1. The summed E-state index contributed by atoms with van der Waals surface area (Å²) in [5, 5.41) is 3.29. The fraction of sp³-hybridized carbons (Fsp3) is 0.455. The summed E-state index contributed by atoms with van der Waals surface area (Å²) in [5.41, 5.74) is 1.40. The predicted molar refractivity (Wildman–Crippen MR) is 60.7 cm³/mol. The molecular formula is C11H15N3O2. The van der Waals surface area contributed by atoms with Crippen LogP contribution in [-0.4, -0.2) is 44.2 Å². The Labute approximate surface area is 94.4 Å². The molecule has 1 aliphatic heterocycles. The molecule has 5 heteroatoms. The summed E-state index contributed by atoms with van der Waals surface area (Å²) in [5.74, 6) is -0.396. The number of hydrogen-bond acceptors (Lipinski definition) is 5. The third kappa shape index (κ3) is 2.30. The van der Waals surface area contributed by atoms with Crippen molar-refractivity contribution in [1.29, 1.82) is 0 Å². The molecule has 16 heavy (non-hydrogen) atoms. The minimum atomic E-state index is -0.396. The molecule has 86 valence electrons. The summed E-state index contributed by atoms with van der Waals surface area (Å²) in [6.07, 6.45) is 1.72. The van der Waals surface area contributed by atoms with Gasteiger partial charge in [0.05, 0.1) is 19.0 Å². The first-order valence-electron chi connectivity index (χ1n) is 5.31. The number of hydrogen-bond donors (Lipinski definition) is 1. The lowest BCUT2D eigenvalue weighted by atomic mass is 10.3. The standard InChI is InChI=1S/C11H15N3O2/c1-16-11(15)10-3-2-9(8-13-10)14-6-4-12-5-7-14/h2-3,8,12H,4-7H2,1H3. The zero-order valence-corrected chi connectivity index (χ0v) is 9.27. The van der Waals surface area contributed by atoms with Crippen molar-refractivity contribution in [2.75, 3.05) is 38.2 Å². The first-order chi connectivity index (χ1) is 7.81. The lowest BCUT2D eigenvalue weighted by Crippen LogP contribution is -2.43. The largest absolute Gasteiger partial charge is 0.464 e. The summed E-state index contributed by atoms with van der Waals surface area (Å²) in [6.45, 7) is 3.91. The summed E-state index contributed by atoms with van der Waals surface area (Å²) < 4.78 is 4.60. The maximum Gasteiger partial charge on any atom is 0.356 e. The van der Waals surface area contributed by atoms with Crippen LogP contribution in [0.1, 0.15) is 10.5 Å². The van der Waals surface area contributed by atoms with Gasteiger partial charge in [-0.05, 0) is 12.1 Å². The van der Waals surface area contributed by atoms with E-state index in [1.54, 1.807) is 12.3 Å². The molecule has 1 aromatic heterocycles. The molecule has 0 unspecified atom stereocenters. The minimum absolute atomic E-state index is 0.349. The van der Waals surface area contributed by atoms with Gasteiger partial charge in [0.2, 0.25) is 0 Å². The number of carbonyl (C=O) groups excluding carboxylic acids is 1. The van der Waals surface area contributed by atoms with Gasteiger partial charge in [-0.2, -0.15) is 0 Å². The van der Waals surface area contributed by atoms with Crippen LogP contribution in [0.2, 0.25) is 0 Å². The van der Waals surface area contributed by atoms with Gasteiger partial charge in [-0.15, -0.1) is 0 Å². The molecule has 0 spiro atoms. The van der Waals surface area contributed by atoms with Crippen LogP contribution in [0.3, 0.4) is 0 Å². The van der Waals surface area contributed by atoms with E-state index in [2.05, 4.69) is 19.9 Å². The van der Waals surface area contributed by atoms with Crippen LogP contribution in [0.5, 0.6) is 0 Å². The first-order valence-corrected chi connectivity index (χ1v) is 5.31. The molecule has 0 aromatic carbocycles. The van der Waals surface area contributed by atoms with Crippen LogP contribution in [0.25, 0.3) is 0 Å². The third-order valence-electron chi connectivity index (χ3n) is 2.62.